The van der Waals surface area contributed by atoms with Gasteiger partial charge in [0.2, 0.25) is 0 Å². The zero-order valence-electron chi connectivity index (χ0n) is 23.7. The van der Waals surface area contributed by atoms with E-state index >= 15 is 0 Å². The predicted octanol–water partition coefficient (Wildman–Crippen LogP) is 5.17. The number of nitrogens with zero attached hydrogens (tertiary/aromatic N) is 3. The average Bonchev–Trinajstić information content (AvgIpc) is 2.98. The molecule has 2 unspecified atom stereocenters. The summed E-state index contributed by atoms with van der Waals surface area (Å²) >= 11 is 0. The van der Waals surface area contributed by atoms with Gasteiger partial charge < -0.3 is 19.0 Å². The van der Waals surface area contributed by atoms with Crippen LogP contribution in [0.15, 0.2) is 109 Å². The predicted molar refractivity (Wildman–Crippen MR) is 162 cm³/mol. The van der Waals surface area contributed by atoms with Gasteiger partial charge in [0.25, 0.3) is 8.32 Å². The maximum atomic E-state index is 12.9. The second-order valence-corrected chi connectivity index (χ2v) is 15.4. The molecule has 1 fully saturated rings. The van der Waals surface area contributed by atoms with Crippen LogP contribution in [0.25, 0.3) is 10.4 Å². The lowest BCUT2D eigenvalue weighted by molar-refractivity contribution is -0.186. The van der Waals surface area contributed by atoms with Crippen LogP contribution < -0.4 is 10.4 Å². The molecule has 0 bridgehead atoms. The summed E-state index contributed by atoms with van der Waals surface area (Å²) in [5.74, 6) is -0.597. The van der Waals surface area contributed by atoms with Crippen LogP contribution in [-0.4, -0.2) is 56.5 Å². The van der Waals surface area contributed by atoms with Gasteiger partial charge >= 0.3 is 5.97 Å². The highest BCUT2D eigenvalue weighted by atomic mass is 28.4. The number of ether oxygens (including phenoxy) is 2. The van der Waals surface area contributed by atoms with Crippen molar-refractivity contribution in [1.29, 1.82) is 0 Å². The molecule has 0 aromatic heterocycles. The second-order valence-electron chi connectivity index (χ2n) is 11.1. The minimum Gasteiger partial charge on any atom is -0.455 e. The fourth-order valence-electron chi connectivity index (χ4n) is 5.58. The summed E-state index contributed by atoms with van der Waals surface area (Å²) in [5.41, 5.74) is 9.74. The van der Waals surface area contributed by atoms with Gasteiger partial charge in [-0.3, -0.25) is 0 Å². The van der Waals surface area contributed by atoms with Crippen molar-refractivity contribution < 1.29 is 23.8 Å². The molecule has 4 rings (SSSR count). The van der Waals surface area contributed by atoms with Crippen molar-refractivity contribution in [3.8, 4) is 0 Å². The number of benzene rings is 3. The molecule has 1 N–H and O–H groups in total. The van der Waals surface area contributed by atoms with Gasteiger partial charge in [0.15, 0.2) is 0 Å². The van der Waals surface area contributed by atoms with E-state index in [1.807, 2.05) is 36.4 Å². The molecule has 0 radical (unpaired) electrons. The number of rotatable bonds is 10. The van der Waals surface area contributed by atoms with E-state index in [1.165, 1.54) is 0 Å². The minimum atomic E-state index is -2.93. The maximum absolute atomic E-state index is 12.9. The highest BCUT2D eigenvalue weighted by molar-refractivity contribution is 6.99. The molecule has 0 saturated carbocycles. The Hall–Kier alpha value is -3.72. The molecule has 1 saturated heterocycles. The van der Waals surface area contributed by atoms with Crippen LogP contribution in [0, 0.1) is 0 Å². The van der Waals surface area contributed by atoms with E-state index in [0.29, 0.717) is 12.0 Å². The van der Waals surface area contributed by atoms with Gasteiger partial charge in [-0.15, -0.1) is 6.58 Å². The Morgan fingerprint density at radius 2 is 1.54 bits per heavy atom. The first-order chi connectivity index (χ1) is 19.7. The van der Waals surface area contributed by atoms with E-state index in [2.05, 4.69) is 61.6 Å². The van der Waals surface area contributed by atoms with Crippen LogP contribution in [0.4, 0.5) is 0 Å². The van der Waals surface area contributed by atoms with Crippen molar-refractivity contribution >= 4 is 24.7 Å². The van der Waals surface area contributed by atoms with Crippen LogP contribution >= 0.6 is 0 Å². The first-order valence-electron chi connectivity index (χ1n) is 13.7. The number of aliphatic hydroxyl groups is 1. The number of esters is 1. The molecule has 3 aromatic carbocycles. The fraction of sp³-hybridized carbons (Fsp3) is 0.344. The molecule has 214 valence electrons. The van der Waals surface area contributed by atoms with Crippen LogP contribution in [0.2, 0.25) is 5.04 Å². The Bertz CT molecular complexity index is 1300. The smallest absolute Gasteiger partial charge is 0.338 e. The van der Waals surface area contributed by atoms with Crippen molar-refractivity contribution in [2.75, 3.05) is 6.61 Å². The number of hydrogen-bond acceptors (Lipinski definition) is 6. The second kappa shape index (κ2) is 13.3. The van der Waals surface area contributed by atoms with Gasteiger partial charge in [-0.1, -0.05) is 111 Å². The van der Waals surface area contributed by atoms with Crippen molar-refractivity contribution in [3.63, 3.8) is 0 Å². The van der Waals surface area contributed by atoms with Gasteiger partial charge in [-0.05, 0) is 39.5 Å². The molecule has 0 spiro atoms. The Morgan fingerprint density at radius 1 is 1.00 bits per heavy atom. The molecule has 3 aromatic rings. The van der Waals surface area contributed by atoms with Crippen LogP contribution in [0.1, 0.15) is 37.6 Å². The fourth-order valence-corrected chi connectivity index (χ4v) is 10.2. The lowest BCUT2D eigenvalue weighted by Gasteiger charge is -2.46. The summed E-state index contributed by atoms with van der Waals surface area (Å²) in [6, 6.07) is 27.8. The highest BCUT2D eigenvalue weighted by Crippen LogP contribution is 2.38. The number of azide groups is 1. The van der Waals surface area contributed by atoms with Gasteiger partial charge in [-0.25, -0.2) is 4.79 Å². The number of carbonyl (C=O) groups excluding carboxylic acids is 1. The molecule has 0 amide bonds. The Labute approximate surface area is 242 Å². The molecule has 5 atom stereocenters. The van der Waals surface area contributed by atoms with Crippen molar-refractivity contribution in [2.45, 2.75) is 62.7 Å². The summed E-state index contributed by atoms with van der Waals surface area (Å²) in [7, 11) is -2.93. The first kappa shape index (κ1) is 30.2. The third-order valence-electron chi connectivity index (χ3n) is 7.50. The third-order valence-corrected chi connectivity index (χ3v) is 12.5. The molecule has 9 heteroatoms. The largest absolute Gasteiger partial charge is 0.455 e. The zero-order valence-corrected chi connectivity index (χ0v) is 24.7. The van der Waals surface area contributed by atoms with Crippen LogP contribution in [-0.2, 0) is 13.9 Å². The van der Waals surface area contributed by atoms with Crippen molar-refractivity contribution in [2.24, 2.45) is 5.11 Å². The van der Waals surface area contributed by atoms with Crippen molar-refractivity contribution in [3.05, 3.63) is 120 Å². The molecule has 0 aliphatic carbocycles. The lowest BCUT2D eigenvalue weighted by Crippen LogP contribution is -2.68. The number of carbonyl (C=O) groups is 1. The van der Waals surface area contributed by atoms with Crippen LogP contribution in [0.5, 0.6) is 0 Å². The van der Waals surface area contributed by atoms with E-state index in [1.54, 1.807) is 36.4 Å². The topological polar surface area (TPSA) is 114 Å². The van der Waals surface area contributed by atoms with E-state index in [-0.39, 0.29) is 11.6 Å². The van der Waals surface area contributed by atoms with E-state index in [0.717, 1.165) is 10.4 Å². The van der Waals surface area contributed by atoms with Gasteiger partial charge in [0, 0.05) is 4.91 Å². The molecular weight excluding hydrogens is 534 g/mol. The van der Waals surface area contributed by atoms with E-state index < -0.39 is 44.7 Å². The number of aliphatic hydroxyl groups excluding tert-OH is 1. The third kappa shape index (κ3) is 6.45. The normalized spacial score (nSPS) is 22.8. The molecule has 8 nitrogen and oxygen atoms in total. The number of hydrogen-bond donors (Lipinski definition) is 1. The Morgan fingerprint density at radius 3 is 2.02 bits per heavy atom. The maximum Gasteiger partial charge on any atom is 0.338 e. The van der Waals surface area contributed by atoms with Crippen LogP contribution in [0.3, 0.4) is 0 Å². The summed E-state index contributed by atoms with van der Waals surface area (Å²) in [4.78, 5) is 15.9. The van der Waals surface area contributed by atoms with Gasteiger partial charge in [0.1, 0.15) is 18.2 Å². The molecular formula is C32H37N3O5Si. The van der Waals surface area contributed by atoms with E-state index in [4.69, 9.17) is 13.9 Å². The summed E-state index contributed by atoms with van der Waals surface area (Å²) < 4.78 is 19.2. The quantitative estimate of drug-likeness (QED) is 0.0901. The molecule has 41 heavy (non-hydrogen) atoms. The summed E-state index contributed by atoms with van der Waals surface area (Å²) in [6.07, 6.45) is -1.88. The first-order valence-corrected chi connectivity index (χ1v) is 15.6. The zero-order chi connectivity index (χ0) is 29.5. The standard InChI is InChI=1S/C32H37N3O5Si/c1-5-15-26-30(40-31(37)23-16-9-6-10-17-23)28(34-35-33)29(36)27(39-26)22-38-41(32(2,3)4,24-18-11-7-12-19-24)25-20-13-8-14-21-25/h5-14,16-21,26-30,36H,1,15,22H2,2-4H3/t26-,27?,28-,29-,30?/m0/s1. The van der Waals surface area contributed by atoms with Crippen molar-refractivity contribution in [1.82, 2.24) is 0 Å². The van der Waals surface area contributed by atoms with Gasteiger partial charge in [-0.2, -0.15) is 0 Å². The highest BCUT2D eigenvalue weighted by Gasteiger charge is 2.52. The monoisotopic (exact) mass is 571 g/mol. The van der Waals surface area contributed by atoms with Gasteiger partial charge in [0.05, 0.1) is 24.4 Å². The average molecular weight is 572 g/mol. The molecule has 1 aliphatic heterocycles. The molecule has 1 heterocycles. The van der Waals surface area contributed by atoms with E-state index in [9.17, 15) is 15.4 Å². The minimum absolute atomic E-state index is 0.0406. The Kier molecular flexibility index (Phi) is 9.80. The summed E-state index contributed by atoms with van der Waals surface area (Å²) in [5, 5.41) is 17.2. The lowest BCUT2D eigenvalue weighted by atomic mass is 9.91. The molecule has 1 aliphatic rings. The SMILES string of the molecule is C=CC[C@@H]1OC(CO[Si](c2ccccc2)(c2ccccc2)C(C)(C)C)[C@H](O)[C@H](N=[N+]=[N-])C1OC(=O)c1ccccc1. The summed E-state index contributed by atoms with van der Waals surface area (Å²) in [6.45, 7) is 10.4. The Balaban J connectivity index is 1.67.